The molecule has 6 rings (SSSR count). The molecule has 0 amide bonds. The van der Waals surface area contributed by atoms with Crippen molar-refractivity contribution in [3.8, 4) is 103 Å². The molecule has 132 heavy (non-hydrogen) atoms. The van der Waals surface area contributed by atoms with E-state index in [9.17, 15) is 108 Å². The van der Waals surface area contributed by atoms with E-state index in [0.29, 0.717) is 70.6 Å². The first-order valence-corrected chi connectivity index (χ1v) is 48.5. The molecule has 0 aliphatic heterocycles. The van der Waals surface area contributed by atoms with E-state index < -0.39 is 75.4 Å². The van der Waals surface area contributed by atoms with Crippen LogP contribution in [0.4, 0.5) is 0 Å². The van der Waals surface area contributed by atoms with Gasteiger partial charge < -0.3 is 115 Å². The Balaban J connectivity index is -0.000000358. The standard InChI is InChI=1S/2C15H24O6S.2C14H22O6S.2C13H20O6S.6CH3/c1-6-8-10-13(20-4)12(16)14(21-5)11(9(3)7-2)15(10)22(17,18)19;1-6-8-10-12(16)14(21-5)11(9(3)7-2)15(13(10)20-4)22(17,18)19;1-6-8(3)10-13(20-5)11(15)12(19-4)9(7-2)14(10)21(16,17)18;1-6-8(3)10-13(20-5)11(15)9(7-2)12(19-4)14(10)21(16,17)18;1-6-7(2)9-12(19-5)10(14)11(18-4)8(3)13(9)20(15,16)17;1-6-7(2)9-12(19-5)10(14)8(3)11(18-4)13(9)20(15,16)17;;;;;;/h2*9,16H,6-8H2,1-5H3,(H,17,18,19);2*8,15H,6-7H2,1-5H3,(H,16,17,18);2*7,14H,6H2,1-5H3,(H,15,16,17);6*1H3/q;;;;;;6*+1/p-6. The highest BCUT2D eigenvalue weighted by molar-refractivity contribution is 7.87. The maximum atomic E-state index is 11.9. The first kappa shape index (κ1) is 133. The Labute approximate surface area is 787 Å². The van der Waals surface area contributed by atoms with Crippen molar-refractivity contribution >= 4 is 60.7 Å². The van der Waals surface area contributed by atoms with Gasteiger partial charge in [0.2, 0.25) is 17.2 Å². The summed E-state index contributed by atoms with van der Waals surface area (Å²) in [4.78, 5) is -2.37. The fraction of sp³-hybridized carbons (Fsp3) is 0.533. The van der Waals surface area contributed by atoms with Crippen LogP contribution in [0.25, 0.3) is 0 Å². The van der Waals surface area contributed by atoms with Gasteiger partial charge in [0.05, 0.1) is 100 Å². The monoisotopic (exact) mass is 1990 g/mol. The van der Waals surface area contributed by atoms with E-state index in [0.717, 1.165) is 0 Å². The molecule has 0 aromatic heterocycles. The molecule has 6 aromatic rings. The van der Waals surface area contributed by atoms with Gasteiger partial charge in [0.15, 0.2) is 69.0 Å². The zero-order chi connectivity index (χ0) is 98.2. The second-order valence-electron chi connectivity index (χ2n) is 28.9. The number of phenolic OH excluding ortho intramolecular Hbond substituents is 6. The molecule has 6 N–H and O–H groups in total. The van der Waals surface area contributed by atoms with Crippen molar-refractivity contribution in [1.29, 1.82) is 0 Å². The van der Waals surface area contributed by atoms with E-state index in [1.807, 2.05) is 55.4 Å². The molecule has 0 spiro atoms. The van der Waals surface area contributed by atoms with Gasteiger partial charge in [-0.1, -0.05) is 124 Å². The zero-order valence-electron chi connectivity index (χ0n) is 83.3. The van der Waals surface area contributed by atoms with E-state index in [2.05, 4.69) is 0 Å². The van der Waals surface area contributed by atoms with Crippen LogP contribution in [0.3, 0.4) is 0 Å². The maximum Gasteiger partial charge on any atom is 0.201 e. The molecule has 36 nitrogen and oxygen atoms in total. The summed E-state index contributed by atoms with van der Waals surface area (Å²) in [5, 5.41) is 61.7. The molecule has 0 saturated carbocycles. The van der Waals surface area contributed by atoms with Crippen molar-refractivity contribution in [2.45, 2.75) is 267 Å². The van der Waals surface area contributed by atoms with Crippen molar-refractivity contribution in [3.05, 3.63) is 111 Å². The molecular weight excluding hydrogens is 1850 g/mol. The number of ether oxygens (including phenoxy) is 12. The third-order valence-corrected chi connectivity index (χ3v) is 27.0. The van der Waals surface area contributed by atoms with Gasteiger partial charge in [-0.25, -0.2) is 50.5 Å². The van der Waals surface area contributed by atoms with E-state index >= 15 is 0 Å². The van der Waals surface area contributed by atoms with Crippen LogP contribution in [0.2, 0.25) is 0 Å². The zero-order valence-corrected chi connectivity index (χ0v) is 88.2. The molecule has 0 aliphatic rings. The van der Waals surface area contributed by atoms with Crippen molar-refractivity contribution in [1.82, 2.24) is 0 Å². The average Bonchev–Trinajstić information content (AvgIpc) is 0.607. The summed E-state index contributed by atoms with van der Waals surface area (Å²) >= 11 is 0. The molecule has 756 valence electrons. The number of hydrogen-bond acceptors (Lipinski definition) is 36. The van der Waals surface area contributed by atoms with E-state index in [-0.39, 0.29) is 271 Å². The van der Waals surface area contributed by atoms with Crippen LogP contribution in [-0.2, 0) is 86.4 Å². The number of phenols is 6. The first-order chi connectivity index (χ1) is 58.4. The summed E-state index contributed by atoms with van der Waals surface area (Å²) in [6, 6.07) is 0. The molecule has 6 aromatic carbocycles. The number of aromatic hydroxyl groups is 6. The van der Waals surface area contributed by atoms with Crippen molar-refractivity contribution in [3.63, 3.8) is 0 Å². The number of benzene rings is 6. The van der Waals surface area contributed by atoms with Gasteiger partial charge >= 0.3 is 0 Å². The van der Waals surface area contributed by atoms with Crippen LogP contribution in [-0.4, -0.2) is 194 Å². The minimum Gasteiger partial charge on any atom is -0.744 e. The van der Waals surface area contributed by atoms with Gasteiger partial charge in [0, 0.05) is 111 Å². The van der Waals surface area contributed by atoms with Gasteiger partial charge in [-0.2, -0.15) is 0 Å². The fourth-order valence-electron chi connectivity index (χ4n) is 14.3. The lowest BCUT2D eigenvalue weighted by atomic mass is 9.93. The van der Waals surface area contributed by atoms with Gasteiger partial charge in [0.1, 0.15) is 92.6 Å². The summed E-state index contributed by atoms with van der Waals surface area (Å²) in [7, 11) is -12.9. The van der Waals surface area contributed by atoms with E-state index in [1.54, 1.807) is 55.4 Å². The second kappa shape index (κ2) is 56.6. The van der Waals surface area contributed by atoms with Crippen LogP contribution >= 0.6 is 0 Å². The molecule has 0 fully saturated rings. The van der Waals surface area contributed by atoms with Crippen LogP contribution in [0.1, 0.15) is 264 Å². The highest BCUT2D eigenvalue weighted by atomic mass is 32.2. The summed E-state index contributed by atoms with van der Waals surface area (Å²) < 4.78 is 273. The summed E-state index contributed by atoms with van der Waals surface area (Å²) in [5.41, 5.74) is 2.31. The van der Waals surface area contributed by atoms with Crippen molar-refractivity contribution in [2.75, 3.05) is 85.3 Å². The van der Waals surface area contributed by atoms with Gasteiger partial charge in [-0.05, 0) is 114 Å². The average molecular weight is 1990 g/mol. The van der Waals surface area contributed by atoms with Crippen LogP contribution in [0, 0.1) is 58.4 Å². The predicted octanol–water partition coefficient (Wildman–Crippen LogP) is 17.3. The fourth-order valence-corrected chi connectivity index (χ4v) is 20.5. The van der Waals surface area contributed by atoms with E-state index in [4.69, 9.17) is 56.8 Å². The van der Waals surface area contributed by atoms with Crippen LogP contribution in [0.5, 0.6) is 103 Å². The molecular formula is C90H144O36S6. The summed E-state index contributed by atoms with van der Waals surface area (Å²) in [6.07, 6.45) is 5.96. The molecule has 0 bridgehead atoms. The van der Waals surface area contributed by atoms with Crippen LogP contribution < -0.4 is 56.8 Å². The SMILES string of the molecule is CCC(C)c1c(OC)c(O)c(C)c(OC)c1S(=O)(=O)[O-].CCC(C)c1c(OC)c(O)c(OC)c(C)c1S(=O)(=O)[O-].CCCc1c(O)c(OC)c(C(C)CC)c(S(=O)(=O)[O-])c1OC.CCCc1c(OC)c(O)c(OC)c(C(C)CC)c1S(=O)(=O)[O-].CCc1c(O)c(OC)c(C(C)CC)c(S(=O)(=O)[O-])c1OC.CCc1c(OC)c(O)c(OC)c(C(C)CC)c1S(=O)(=O)[O-].[CH3+].[CH3+].[CH3+].[CH3+].[CH3+].[CH3+]. The van der Waals surface area contributed by atoms with Crippen molar-refractivity contribution in [2.24, 2.45) is 0 Å². The minimum absolute atomic E-state index is 0. The Morgan fingerprint density at radius 1 is 0.227 bits per heavy atom. The Morgan fingerprint density at radius 3 is 0.652 bits per heavy atom. The lowest BCUT2D eigenvalue weighted by Crippen LogP contribution is -2.13. The van der Waals surface area contributed by atoms with Crippen molar-refractivity contribution < 1.29 is 165 Å². The lowest BCUT2D eigenvalue weighted by molar-refractivity contribution is 0.328. The first-order valence-electron chi connectivity index (χ1n) is 40.0. The van der Waals surface area contributed by atoms with Gasteiger partial charge in [-0.15, -0.1) is 0 Å². The summed E-state index contributed by atoms with van der Waals surface area (Å²) in [5.74, 6) is -3.47. The molecule has 0 saturated heterocycles. The predicted molar refractivity (Wildman–Crippen MR) is 502 cm³/mol. The highest BCUT2D eigenvalue weighted by Crippen LogP contribution is 2.56. The minimum atomic E-state index is -4.79. The third-order valence-electron chi connectivity index (χ3n) is 21.4. The van der Waals surface area contributed by atoms with Crippen LogP contribution in [0.15, 0.2) is 29.4 Å². The van der Waals surface area contributed by atoms with Gasteiger partial charge in [0.25, 0.3) is 0 Å². The topological polar surface area (TPSA) is 575 Å². The number of hydrogen-bond donors (Lipinski definition) is 6. The molecule has 6 atom stereocenters. The Kier molecular flexibility index (Phi) is 57.0. The maximum absolute atomic E-state index is 11.9. The number of rotatable bonds is 36. The number of methoxy groups -OCH3 is 12. The molecule has 6 unspecified atom stereocenters. The van der Waals surface area contributed by atoms with Gasteiger partial charge in [-0.3, -0.25) is 0 Å². The van der Waals surface area contributed by atoms with E-state index in [1.165, 1.54) is 99.2 Å². The second-order valence-corrected chi connectivity index (χ2v) is 36.8. The third kappa shape index (κ3) is 29.7. The largest absolute Gasteiger partial charge is 0.744 e. The molecule has 0 radical (unpaired) electrons. The molecule has 42 heteroatoms. The molecule has 0 aliphatic carbocycles. The Morgan fingerprint density at radius 2 is 0.417 bits per heavy atom. The quantitative estimate of drug-likeness (QED) is 0.0157. The normalized spacial score (nSPS) is 12.5. The summed E-state index contributed by atoms with van der Waals surface area (Å²) in [6.45, 7) is 31.8. The highest BCUT2D eigenvalue weighted by Gasteiger charge is 2.37. The smallest absolute Gasteiger partial charge is 0.201 e. The molecule has 0 heterocycles. The Hall–Kier alpha value is -9.60. The lowest BCUT2D eigenvalue weighted by Gasteiger charge is -2.26. The Bertz CT molecular complexity index is 5350.